The van der Waals surface area contributed by atoms with E-state index in [1.807, 2.05) is 27.7 Å². The van der Waals surface area contributed by atoms with Gasteiger partial charge in [-0.1, -0.05) is 24.6 Å². The zero-order valence-electron chi connectivity index (χ0n) is 15.8. The van der Waals surface area contributed by atoms with Gasteiger partial charge in [0.2, 0.25) is 5.78 Å². The fraction of sp³-hybridized carbons (Fsp3) is 0.350. The number of nitrogens with zero attached hydrogens (tertiary/aromatic N) is 2. The molecule has 0 bridgehead atoms. The molecule has 1 aromatic heterocycles. The predicted molar refractivity (Wildman–Crippen MR) is 103 cm³/mol. The summed E-state index contributed by atoms with van der Waals surface area (Å²) < 4.78 is 2.46. The number of ketones is 1. The van der Waals surface area contributed by atoms with E-state index in [9.17, 15) is 14.4 Å². The summed E-state index contributed by atoms with van der Waals surface area (Å²) in [6, 6.07) is 4.11. The zero-order chi connectivity index (χ0) is 19.2. The quantitative estimate of drug-likeness (QED) is 0.861. The SMILES string of the molecule is CCCn1c2c(c(=O)n(C)c1=O)C(=O)/C(=C\c1c(C)cc(C)cc1C)N2. The molecule has 3 rings (SSSR count). The maximum Gasteiger partial charge on any atom is 0.332 e. The second-order valence-corrected chi connectivity index (χ2v) is 6.85. The van der Waals surface area contributed by atoms with E-state index in [1.165, 1.54) is 11.6 Å². The van der Waals surface area contributed by atoms with Gasteiger partial charge in [0, 0.05) is 13.6 Å². The number of carbonyl (C=O) groups is 1. The number of Topliss-reactive ketones (excluding diaryl/α,β-unsaturated/α-hetero) is 1. The summed E-state index contributed by atoms with van der Waals surface area (Å²) in [7, 11) is 1.40. The van der Waals surface area contributed by atoms with Crippen LogP contribution >= 0.6 is 0 Å². The van der Waals surface area contributed by atoms with Gasteiger partial charge in [-0.05, 0) is 50.0 Å². The van der Waals surface area contributed by atoms with Crippen molar-refractivity contribution in [3.8, 4) is 0 Å². The molecular formula is C20H23N3O3. The summed E-state index contributed by atoms with van der Waals surface area (Å²) in [6.45, 7) is 8.39. The first-order valence-electron chi connectivity index (χ1n) is 8.71. The van der Waals surface area contributed by atoms with Crippen LogP contribution in [0.5, 0.6) is 0 Å². The van der Waals surface area contributed by atoms with Crippen LogP contribution in [0, 0.1) is 20.8 Å². The second-order valence-electron chi connectivity index (χ2n) is 6.85. The normalized spacial score (nSPS) is 14.7. The average Bonchev–Trinajstić information content (AvgIpc) is 2.89. The Morgan fingerprint density at radius 3 is 2.27 bits per heavy atom. The molecular weight excluding hydrogens is 330 g/mol. The highest BCUT2D eigenvalue weighted by Gasteiger charge is 2.32. The van der Waals surface area contributed by atoms with Crippen molar-refractivity contribution < 1.29 is 4.79 Å². The molecule has 1 aliphatic rings. The van der Waals surface area contributed by atoms with Gasteiger partial charge in [-0.25, -0.2) is 4.79 Å². The molecule has 0 atom stereocenters. The lowest BCUT2D eigenvalue weighted by Crippen LogP contribution is -2.40. The predicted octanol–water partition coefficient (Wildman–Crippen LogP) is 2.53. The van der Waals surface area contributed by atoms with Crippen molar-refractivity contribution in [2.24, 2.45) is 7.05 Å². The first-order chi connectivity index (χ1) is 12.3. The highest BCUT2D eigenvalue weighted by molar-refractivity contribution is 6.19. The molecule has 0 saturated heterocycles. The lowest BCUT2D eigenvalue weighted by molar-refractivity contribution is 0.104. The number of allylic oxidation sites excluding steroid dienone is 1. The Kier molecular flexibility index (Phi) is 4.44. The third-order valence-corrected chi connectivity index (χ3v) is 4.74. The smallest absolute Gasteiger partial charge is 0.332 e. The van der Waals surface area contributed by atoms with E-state index in [4.69, 9.17) is 0 Å². The second kappa shape index (κ2) is 6.44. The van der Waals surface area contributed by atoms with Gasteiger partial charge in [0.05, 0.1) is 5.70 Å². The zero-order valence-corrected chi connectivity index (χ0v) is 15.8. The average molecular weight is 353 g/mol. The Morgan fingerprint density at radius 2 is 1.69 bits per heavy atom. The molecule has 6 heteroatoms. The molecule has 6 nitrogen and oxygen atoms in total. The molecule has 136 valence electrons. The van der Waals surface area contributed by atoms with Gasteiger partial charge < -0.3 is 5.32 Å². The van der Waals surface area contributed by atoms with Crippen LogP contribution < -0.4 is 16.6 Å². The number of fused-ring (bicyclic) bond motifs is 1. The molecule has 0 aliphatic carbocycles. The van der Waals surface area contributed by atoms with E-state index in [1.54, 1.807) is 6.08 Å². The lowest BCUT2D eigenvalue weighted by Gasteiger charge is -2.12. The van der Waals surface area contributed by atoms with Crippen LogP contribution in [0.15, 0.2) is 27.4 Å². The van der Waals surface area contributed by atoms with E-state index in [2.05, 4.69) is 17.4 Å². The maximum absolute atomic E-state index is 12.9. The van der Waals surface area contributed by atoms with E-state index in [-0.39, 0.29) is 11.3 Å². The molecule has 0 fully saturated rings. The van der Waals surface area contributed by atoms with Crippen LogP contribution in [0.25, 0.3) is 6.08 Å². The van der Waals surface area contributed by atoms with Crippen LogP contribution in [-0.2, 0) is 13.6 Å². The summed E-state index contributed by atoms with van der Waals surface area (Å²) in [5, 5.41) is 3.03. The Balaban J connectivity index is 2.20. The van der Waals surface area contributed by atoms with Crippen molar-refractivity contribution in [3.63, 3.8) is 0 Å². The van der Waals surface area contributed by atoms with Crippen LogP contribution in [0.1, 0.15) is 46.0 Å². The van der Waals surface area contributed by atoms with Crippen molar-refractivity contribution >= 4 is 17.7 Å². The van der Waals surface area contributed by atoms with E-state index >= 15 is 0 Å². The number of aromatic nitrogens is 2. The fourth-order valence-corrected chi connectivity index (χ4v) is 3.52. The number of benzene rings is 1. The largest absolute Gasteiger partial charge is 0.338 e. The summed E-state index contributed by atoms with van der Waals surface area (Å²) in [5.41, 5.74) is 3.59. The van der Waals surface area contributed by atoms with E-state index in [0.29, 0.717) is 18.1 Å². The maximum atomic E-state index is 12.9. The highest BCUT2D eigenvalue weighted by Crippen LogP contribution is 2.28. The van der Waals surface area contributed by atoms with Gasteiger partial charge in [-0.15, -0.1) is 0 Å². The van der Waals surface area contributed by atoms with Crippen molar-refractivity contribution in [1.82, 2.24) is 9.13 Å². The molecule has 2 aromatic rings. The van der Waals surface area contributed by atoms with Gasteiger partial charge >= 0.3 is 5.69 Å². The van der Waals surface area contributed by atoms with Crippen molar-refractivity contribution in [2.75, 3.05) is 5.32 Å². The fourth-order valence-electron chi connectivity index (χ4n) is 3.52. The van der Waals surface area contributed by atoms with Crippen molar-refractivity contribution in [3.05, 3.63) is 66.5 Å². The minimum absolute atomic E-state index is 0.0363. The summed E-state index contributed by atoms with van der Waals surface area (Å²) in [6.07, 6.45) is 2.49. The molecule has 0 unspecified atom stereocenters. The number of aryl methyl sites for hydroxylation is 3. The van der Waals surface area contributed by atoms with Crippen LogP contribution in [0.4, 0.5) is 5.82 Å². The van der Waals surface area contributed by atoms with Gasteiger partial charge in [0.15, 0.2) is 0 Å². The molecule has 1 aliphatic heterocycles. The minimum Gasteiger partial charge on any atom is -0.338 e. The van der Waals surface area contributed by atoms with E-state index in [0.717, 1.165) is 33.2 Å². The summed E-state index contributed by atoms with van der Waals surface area (Å²) in [5.74, 6) is -0.0663. The number of hydrogen-bond acceptors (Lipinski definition) is 4. The molecule has 0 radical (unpaired) electrons. The standard InChI is InChI=1S/C20H23N3O3/c1-6-7-23-18-16(19(25)22(5)20(23)26)17(24)15(21-18)10-14-12(3)8-11(2)9-13(14)4/h8-10,21H,6-7H2,1-5H3/b15-10+. The Labute approximate surface area is 151 Å². The highest BCUT2D eigenvalue weighted by atomic mass is 16.2. The first kappa shape index (κ1) is 17.9. The number of nitrogens with one attached hydrogen (secondary N) is 1. The first-order valence-corrected chi connectivity index (χ1v) is 8.71. The van der Waals surface area contributed by atoms with Gasteiger partial charge in [-0.3, -0.25) is 18.7 Å². The molecule has 0 saturated carbocycles. The van der Waals surface area contributed by atoms with Crippen LogP contribution in [0.2, 0.25) is 0 Å². The number of rotatable bonds is 3. The topological polar surface area (TPSA) is 73.1 Å². The molecule has 0 spiro atoms. The minimum atomic E-state index is -0.560. The Hall–Kier alpha value is -2.89. The van der Waals surface area contributed by atoms with Crippen molar-refractivity contribution in [2.45, 2.75) is 40.7 Å². The molecule has 0 amide bonds. The summed E-state index contributed by atoms with van der Waals surface area (Å²) >= 11 is 0. The van der Waals surface area contributed by atoms with Gasteiger partial charge in [0.25, 0.3) is 5.56 Å². The molecule has 26 heavy (non-hydrogen) atoms. The van der Waals surface area contributed by atoms with Gasteiger partial charge in [-0.2, -0.15) is 0 Å². The molecule has 1 N–H and O–H groups in total. The van der Waals surface area contributed by atoms with Crippen molar-refractivity contribution in [1.29, 1.82) is 0 Å². The lowest BCUT2D eigenvalue weighted by atomic mass is 9.98. The van der Waals surface area contributed by atoms with Crippen LogP contribution in [0.3, 0.4) is 0 Å². The summed E-state index contributed by atoms with van der Waals surface area (Å²) in [4.78, 5) is 37.8. The molecule has 2 heterocycles. The Morgan fingerprint density at radius 1 is 1.08 bits per heavy atom. The van der Waals surface area contributed by atoms with Crippen LogP contribution in [-0.4, -0.2) is 14.9 Å². The third-order valence-electron chi connectivity index (χ3n) is 4.74. The number of carbonyl (C=O) groups excluding carboxylic acids is 1. The monoisotopic (exact) mass is 353 g/mol. The van der Waals surface area contributed by atoms with Gasteiger partial charge in [0.1, 0.15) is 11.4 Å². The number of hydrogen-bond donors (Lipinski definition) is 1. The number of anilines is 1. The molecule has 1 aromatic carbocycles. The van der Waals surface area contributed by atoms with E-state index < -0.39 is 11.2 Å². The third kappa shape index (κ3) is 2.71. The Bertz CT molecular complexity index is 1050.